The molecule has 0 aromatic heterocycles. The van der Waals surface area contributed by atoms with Crippen LogP contribution in [0.25, 0.3) is 0 Å². The lowest BCUT2D eigenvalue weighted by Crippen LogP contribution is -2.66. The van der Waals surface area contributed by atoms with E-state index in [4.69, 9.17) is 9.47 Å². The van der Waals surface area contributed by atoms with Gasteiger partial charge in [-0.2, -0.15) is 0 Å². The first-order chi connectivity index (χ1) is 9.72. The third kappa shape index (κ3) is 2.16. The Morgan fingerprint density at radius 1 is 1.15 bits per heavy atom. The van der Waals surface area contributed by atoms with Gasteiger partial charge in [0.25, 0.3) is 0 Å². The van der Waals surface area contributed by atoms with Crippen molar-refractivity contribution in [2.75, 3.05) is 32.8 Å². The second-order valence-corrected chi connectivity index (χ2v) is 6.81. The molecule has 112 valence electrons. The zero-order valence-electron chi connectivity index (χ0n) is 12.0. The van der Waals surface area contributed by atoms with E-state index in [0.717, 1.165) is 51.2 Å². The standard InChI is InChI=1S/C15H24N2O3/c18-13-14(16-7-8-17(13)11-12-1-2-12)3-5-15(6-4-14)19-9-10-20-15/h12,16H,1-11H2. The maximum Gasteiger partial charge on any atom is 0.242 e. The molecule has 1 N–H and O–H groups in total. The summed E-state index contributed by atoms with van der Waals surface area (Å²) in [5.41, 5.74) is -0.340. The van der Waals surface area contributed by atoms with E-state index >= 15 is 0 Å². The number of rotatable bonds is 2. The summed E-state index contributed by atoms with van der Waals surface area (Å²) < 4.78 is 11.6. The smallest absolute Gasteiger partial charge is 0.242 e. The van der Waals surface area contributed by atoms with Crippen LogP contribution < -0.4 is 5.32 Å². The van der Waals surface area contributed by atoms with Gasteiger partial charge in [-0.3, -0.25) is 4.79 Å². The molecule has 4 rings (SSSR count). The molecular formula is C15H24N2O3. The third-order valence-electron chi connectivity index (χ3n) is 5.40. The zero-order valence-corrected chi connectivity index (χ0v) is 12.0. The van der Waals surface area contributed by atoms with E-state index in [9.17, 15) is 4.79 Å². The first-order valence-electron chi connectivity index (χ1n) is 8.04. The summed E-state index contributed by atoms with van der Waals surface area (Å²) in [4.78, 5) is 15.0. The number of ether oxygens (including phenoxy) is 2. The first kappa shape index (κ1) is 13.0. The molecule has 20 heavy (non-hydrogen) atoms. The van der Waals surface area contributed by atoms with E-state index in [2.05, 4.69) is 10.2 Å². The fourth-order valence-corrected chi connectivity index (χ4v) is 3.93. The minimum atomic E-state index is -0.383. The first-order valence-corrected chi connectivity index (χ1v) is 8.04. The van der Waals surface area contributed by atoms with Crippen LogP contribution in [-0.2, 0) is 14.3 Å². The maximum absolute atomic E-state index is 12.9. The van der Waals surface area contributed by atoms with Crippen LogP contribution in [0, 0.1) is 5.92 Å². The number of nitrogens with zero attached hydrogens (tertiary/aromatic N) is 1. The number of amides is 1. The lowest BCUT2D eigenvalue weighted by Gasteiger charge is -2.48. The Bertz CT molecular complexity index is 392. The van der Waals surface area contributed by atoms with Crippen LogP contribution in [0.5, 0.6) is 0 Å². The average molecular weight is 280 g/mol. The number of carbonyl (C=O) groups excluding carboxylic acids is 1. The Morgan fingerprint density at radius 3 is 2.50 bits per heavy atom. The van der Waals surface area contributed by atoms with Crippen molar-refractivity contribution >= 4 is 5.91 Å². The van der Waals surface area contributed by atoms with Crippen molar-refractivity contribution in [3.05, 3.63) is 0 Å². The number of carbonyl (C=O) groups is 1. The Balaban J connectivity index is 1.45. The summed E-state index contributed by atoms with van der Waals surface area (Å²) >= 11 is 0. The molecule has 2 spiro atoms. The normalized spacial score (nSPS) is 32.2. The van der Waals surface area contributed by atoms with Gasteiger partial charge in [0.05, 0.1) is 18.8 Å². The van der Waals surface area contributed by atoms with Crippen molar-refractivity contribution < 1.29 is 14.3 Å². The largest absolute Gasteiger partial charge is 0.348 e. The molecule has 2 saturated carbocycles. The van der Waals surface area contributed by atoms with Crippen LogP contribution >= 0.6 is 0 Å². The molecule has 4 aliphatic rings. The lowest BCUT2D eigenvalue weighted by molar-refractivity contribution is -0.191. The van der Waals surface area contributed by atoms with Crippen molar-refractivity contribution in [2.45, 2.75) is 49.9 Å². The van der Waals surface area contributed by atoms with Gasteiger partial charge >= 0.3 is 0 Å². The molecule has 5 heteroatoms. The highest BCUT2D eigenvalue weighted by Crippen LogP contribution is 2.42. The van der Waals surface area contributed by atoms with E-state index in [-0.39, 0.29) is 11.3 Å². The molecule has 2 heterocycles. The van der Waals surface area contributed by atoms with Crippen molar-refractivity contribution in [3.63, 3.8) is 0 Å². The molecule has 0 bridgehead atoms. The highest BCUT2D eigenvalue weighted by molar-refractivity contribution is 5.87. The van der Waals surface area contributed by atoms with E-state index < -0.39 is 0 Å². The Morgan fingerprint density at radius 2 is 1.85 bits per heavy atom. The average Bonchev–Trinajstić information content (AvgIpc) is 3.17. The van der Waals surface area contributed by atoms with Crippen molar-refractivity contribution in [1.29, 1.82) is 0 Å². The van der Waals surface area contributed by atoms with E-state index in [1.165, 1.54) is 12.8 Å². The molecule has 0 radical (unpaired) electrons. The SMILES string of the molecule is O=C1N(CC2CC2)CCNC12CCC1(CC2)OCCO1. The van der Waals surface area contributed by atoms with Gasteiger partial charge < -0.3 is 19.7 Å². The molecule has 0 aromatic rings. The summed E-state index contributed by atoms with van der Waals surface area (Å²) in [6.45, 7) is 4.16. The quantitative estimate of drug-likeness (QED) is 0.816. The molecule has 1 amide bonds. The van der Waals surface area contributed by atoms with Gasteiger partial charge in [-0.1, -0.05) is 0 Å². The molecule has 0 atom stereocenters. The fourth-order valence-electron chi connectivity index (χ4n) is 3.93. The number of nitrogens with one attached hydrogen (secondary N) is 1. The van der Waals surface area contributed by atoms with E-state index in [1.54, 1.807) is 0 Å². The summed E-state index contributed by atoms with van der Waals surface area (Å²) in [6.07, 6.45) is 5.95. The summed E-state index contributed by atoms with van der Waals surface area (Å²) in [7, 11) is 0. The summed E-state index contributed by atoms with van der Waals surface area (Å²) in [5.74, 6) is 0.709. The molecule has 0 aromatic carbocycles. The van der Waals surface area contributed by atoms with Gasteiger partial charge in [0, 0.05) is 32.5 Å². The van der Waals surface area contributed by atoms with Crippen LogP contribution in [0.15, 0.2) is 0 Å². The van der Waals surface area contributed by atoms with Gasteiger partial charge in [-0.05, 0) is 31.6 Å². The predicted molar refractivity (Wildman–Crippen MR) is 73.1 cm³/mol. The molecular weight excluding hydrogens is 256 g/mol. The van der Waals surface area contributed by atoms with Gasteiger partial charge in [0.2, 0.25) is 5.91 Å². The van der Waals surface area contributed by atoms with Crippen molar-refractivity contribution in [3.8, 4) is 0 Å². The minimum Gasteiger partial charge on any atom is -0.348 e. The Labute approximate surface area is 120 Å². The van der Waals surface area contributed by atoms with Crippen LogP contribution in [0.3, 0.4) is 0 Å². The highest BCUT2D eigenvalue weighted by atomic mass is 16.7. The number of hydrogen-bond donors (Lipinski definition) is 1. The molecule has 2 saturated heterocycles. The van der Waals surface area contributed by atoms with E-state index in [0.29, 0.717) is 19.1 Å². The molecule has 5 nitrogen and oxygen atoms in total. The summed E-state index contributed by atoms with van der Waals surface area (Å²) in [5, 5.41) is 3.51. The molecule has 4 fully saturated rings. The molecule has 2 aliphatic carbocycles. The summed E-state index contributed by atoms with van der Waals surface area (Å²) in [6, 6.07) is 0. The Hall–Kier alpha value is -0.650. The van der Waals surface area contributed by atoms with Gasteiger partial charge in [0.15, 0.2) is 5.79 Å². The van der Waals surface area contributed by atoms with Crippen LogP contribution in [-0.4, -0.2) is 55.0 Å². The van der Waals surface area contributed by atoms with Crippen molar-refractivity contribution in [2.24, 2.45) is 5.92 Å². The minimum absolute atomic E-state index is 0.323. The molecule has 0 unspecified atom stereocenters. The van der Waals surface area contributed by atoms with E-state index in [1.807, 2.05) is 0 Å². The van der Waals surface area contributed by atoms with Gasteiger partial charge in [0.1, 0.15) is 0 Å². The topological polar surface area (TPSA) is 50.8 Å². The number of hydrogen-bond acceptors (Lipinski definition) is 4. The van der Waals surface area contributed by atoms with Crippen LogP contribution in [0.4, 0.5) is 0 Å². The van der Waals surface area contributed by atoms with Gasteiger partial charge in [-0.25, -0.2) is 0 Å². The molecule has 2 aliphatic heterocycles. The highest BCUT2D eigenvalue weighted by Gasteiger charge is 2.52. The lowest BCUT2D eigenvalue weighted by atomic mass is 9.76. The fraction of sp³-hybridized carbons (Fsp3) is 0.933. The number of piperazine rings is 1. The Kier molecular flexibility index (Phi) is 3.05. The van der Waals surface area contributed by atoms with Crippen LogP contribution in [0.2, 0.25) is 0 Å². The zero-order chi connectivity index (χ0) is 13.6. The van der Waals surface area contributed by atoms with Crippen LogP contribution in [0.1, 0.15) is 38.5 Å². The maximum atomic E-state index is 12.9. The van der Waals surface area contributed by atoms with Gasteiger partial charge in [-0.15, -0.1) is 0 Å². The van der Waals surface area contributed by atoms with Crippen molar-refractivity contribution in [1.82, 2.24) is 10.2 Å². The second-order valence-electron chi connectivity index (χ2n) is 6.81. The second kappa shape index (κ2) is 4.68. The monoisotopic (exact) mass is 280 g/mol. The third-order valence-corrected chi connectivity index (χ3v) is 5.40. The predicted octanol–water partition coefficient (Wildman–Crippen LogP) is 0.884.